The Morgan fingerprint density at radius 2 is 1.82 bits per heavy atom. The summed E-state index contributed by atoms with van der Waals surface area (Å²) >= 11 is 0. The van der Waals surface area contributed by atoms with Crippen LogP contribution in [-0.4, -0.2) is 47.5 Å². The molecule has 0 spiro atoms. The van der Waals surface area contributed by atoms with Gasteiger partial charge in [0.2, 0.25) is 5.43 Å². The van der Waals surface area contributed by atoms with Gasteiger partial charge in [0.05, 0.1) is 6.61 Å². The van der Waals surface area contributed by atoms with Gasteiger partial charge in [0.1, 0.15) is 17.2 Å². The van der Waals surface area contributed by atoms with Crippen molar-refractivity contribution < 1.29 is 14.3 Å². The number of fused-ring (bicyclic) bond motifs is 1. The lowest BCUT2D eigenvalue weighted by Crippen LogP contribution is -2.41. The predicted octanol–water partition coefficient (Wildman–Crippen LogP) is 3.17. The molecule has 4 rings (SSSR count). The number of likely N-dealkylation sites (tertiary alicyclic amines) is 1. The van der Waals surface area contributed by atoms with E-state index in [-0.39, 0.29) is 29.7 Å². The van der Waals surface area contributed by atoms with Gasteiger partial charge in [0.25, 0.3) is 11.8 Å². The molecule has 2 aliphatic rings. The summed E-state index contributed by atoms with van der Waals surface area (Å²) in [5.41, 5.74) is 1.85. The Labute approximate surface area is 194 Å². The first-order chi connectivity index (χ1) is 15.9. The van der Waals surface area contributed by atoms with Gasteiger partial charge in [-0.15, -0.1) is 0 Å². The fourth-order valence-corrected chi connectivity index (χ4v) is 4.67. The number of pyridine rings is 1. The van der Waals surface area contributed by atoms with Gasteiger partial charge in [-0.25, -0.2) is 0 Å². The highest BCUT2D eigenvalue weighted by Gasteiger charge is 2.26. The Morgan fingerprint density at radius 3 is 2.58 bits per heavy atom. The molecule has 3 heterocycles. The first-order valence-corrected chi connectivity index (χ1v) is 11.9. The number of aromatic nitrogens is 1. The van der Waals surface area contributed by atoms with Crippen molar-refractivity contribution >= 4 is 11.8 Å². The molecular formula is C26H33N3O4. The van der Waals surface area contributed by atoms with E-state index in [4.69, 9.17) is 4.74 Å². The highest BCUT2D eigenvalue weighted by Crippen LogP contribution is 2.26. The number of benzene rings is 1. The van der Waals surface area contributed by atoms with Crippen molar-refractivity contribution in [2.45, 2.75) is 52.2 Å². The van der Waals surface area contributed by atoms with Gasteiger partial charge >= 0.3 is 0 Å². The molecule has 1 N–H and O–H groups in total. The van der Waals surface area contributed by atoms with E-state index in [2.05, 4.69) is 25.2 Å². The quantitative estimate of drug-likeness (QED) is 0.732. The number of rotatable bonds is 6. The second-order valence-electron chi connectivity index (χ2n) is 9.38. The average Bonchev–Trinajstić information content (AvgIpc) is 2.83. The molecule has 1 unspecified atom stereocenters. The summed E-state index contributed by atoms with van der Waals surface area (Å²) in [6.45, 7) is 6.89. The maximum atomic E-state index is 13.2. The van der Waals surface area contributed by atoms with E-state index in [1.165, 1.54) is 5.56 Å². The fraction of sp³-hybridized carbons (Fsp3) is 0.500. The van der Waals surface area contributed by atoms with E-state index in [0.717, 1.165) is 31.2 Å². The summed E-state index contributed by atoms with van der Waals surface area (Å²) in [5.74, 6) is -0.456. The monoisotopic (exact) mass is 451 g/mol. The van der Waals surface area contributed by atoms with Crippen LogP contribution in [0.1, 0.15) is 71.1 Å². The van der Waals surface area contributed by atoms with Gasteiger partial charge in [0, 0.05) is 38.6 Å². The summed E-state index contributed by atoms with van der Waals surface area (Å²) in [7, 11) is 0. The maximum Gasteiger partial charge on any atom is 0.259 e. The number of amides is 2. The van der Waals surface area contributed by atoms with Gasteiger partial charge in [-0.05, 0) is 42.7 Å². The van der Waals surface area contributed by atoms with Crippen molar-refractivity contribution in [3.63, 3.8) is 0 Å². The van der Waals surface area contributed by atoms with Gasteiger partial charge in [-0.1, -0.05) is 38.1 Å². The van der Waals surface area contributed by atoms with Crippen LogP contribution in [0.25, 0.3) is 0 Å². The molecular weight excluding hydrogens is 418 g/mol. The van der Waals surface area contributed by atoms with Gasteiger partial charge < -0.3 is 19.5 Å². The molecule has 1 fully saturated rings. The van der Waals surface area contributed by atoms with E-state index in [9.17, 15) is 14.4 Å². The van der Waals surface area contributed by atoms with Crippen molar-refractivity contribution in [3.05, 3.63) is 69.1 Å². The Kier molecular flexibility index (Phi) is 7.28. The number of piperidine rings is 1. The smallest absolute Gasteiger partial charge is 0.259 e. The topological polar surface area (TPSA) is 80.6 Å². The van der Waals surface area contributed by atoms with E-state index in [1.54, 1.807) is 21.9 Å². The Balaban J connectivity index is 1.57. The first-order valence-electron chi connectivity index (χ1n) is 11.9. The molecule has 7 nitrogen and oxygen atoms in total. The Bertz CT molecular complexity index is 1070. The van der Waals surface area contributed by atoms with Crippen LogP contribution < -0.4 is 10.7 Å². The minimum Gasteiger partial charge on any atom is -0.371 e. The molecule has 0 saturated carbocycles. The van der Waals surface area contributed by atoms with E-state index < -0.39 is 11.3 Å². The summed E-state index contributed by atoms with van der Waals surface area (Å²) < 4.78 is 7.68. The number of nitrogens with zero attached hydrogens (tertiary/aromatic N) is 2. The maximum absolute atomic E-state index is 13.2. The van der Waals surface area contributed by atoms with Gasteiger partial charge in [0.15, 0.2) is 0 Å². The molecule has 176 valence electrons. The predicted molar refractivity (Wildman–Crippen MR) is 126 cm³/mol. The van der Waals surface area contributed by atoms with Crippen LogP contribution in [0.3, 0.4) is 0 Å². The van der Waals surface area contributed by atoms with Gasteiger partial charge in [-0.2, -0.15) is 0 Å². The van der Waals surface area contributed by atoms with Crippen molar-refractivity contribution in [1.82, 2.24) is 14.8 Å². The number of carbonyl (C=O) groups is 2. The molecule has 2 aliphatic heterocycles. The molecule has 2 aromatic rings. The lowest BCUT2D eigenvalue weighted by Gasteiger charge is -2.27. The molecule has 33 heavy (non-hydrogen) atoms. The van der Waals surface area contributed by atoms with Crippen LogP contribution in [0.5, 0.6) is 0 Å². The van der Waals surface area contributed by atoms with Gasteiger partial charge in [-0.3, -0.25) is 14.4 Å². The van der Waals surface area contributed by atoms with E-state index in [0.29, 0.717) is 32.2 Å². The number of hydrogen-bond acceptors (Lipinski definition) is 4. The molecule has 0 aliphatic carbocycles. The summed E-state index contributed by atoms with van der Waals surface area (Å²) in [4.78, 5) is 41.2. The van der Waals surface area contributed by atoms with Crippen molar-refractivity contribution in [3.8, 4) is 0 Å². The van der Waals surface area contributed by atoms with E-state index >= 15 is 0 Å². The Morgan fingerprint density at radius 1 is 1.09 bits per heavy atom. The van der Waals surface area contributed by atoms with Crippen LogP contribution in [0.4, 0.5) is 0 Å². The lowest BCUT2D eigenvalue weighted by atomic mass is 9.97. The molecule has 7 heteroatoms. The zero-order chi connectivity index (χ0) is 23.4. The minimum absolute atomic E-state index is 0.00241. The van der Waals surface area contributed by atoms with E-state index in [1.807, 2.05) is 18.2 Å². The van der Waals surface area contributed by atoms with Crippen LogP contribution in [-0.2, 0) is 17.7 Å². The second-order valence-corrected chi connectivity index (χ2v) is 9.38. The molecule has 0 radical (unpaired) electrons. The van der Waals surface area contributed by atoms with Crippen LogP contribution >= 0.6 is 0 Å². The van der Waals surface area contributed by atoms with Crippen molar-refractivity contribution in [2.24, 2.45) is 5.92 Å². The zero-order valence-corrected chi connectivity index (χ0v) is 19.5. The van der Waals surface area contributed by atoms with Crippen molar-refractivity contribution in [1.29, 1.82) is 0 Å². The highest BCUT2D eigenvalue weighted by atomic mass is 16.5. The number of carbonyl (C=O) groups excluding carboxylic acids is 2. The van der Waals surface area contributed by atoms with Crippen LogP contribution in [0.15, 0.2) is 41.5 Å². The molecule has 1 atom stereocenters. The highest BCUT2D eigenvalue weighted by molar-refractivity contribution is 5.99. The van der Waals surface area contributed by atoms with Crippen LogP contribution in [0.2, 0.25) is 0 Å². The molecule has 1 saturated heterocycles. The number of ether oxygens (including phenoxy) is 1. The first kappa shape index (κ1) is 23.2. The SMILES string of the molecule is CC(C)Cn1cc(C(=O)NCC2OCCc3ccccc32)c(=O)c(C(=O)N2CCCCC2)c1. The zero-order valence-electron chi connectivity index (χ0n) is 19.5. The molecule has 1 aromatic carbocycles. The van der Waals surface area contributed by atoms with Crippen LogP contribution in [0, 0.1) is 5.92 Å². The lowest BCUT2D eigenvalue weighted by molar-refractivity contribution is 0.0411. The minimum atomic E-state index is -0.506. The molecule has 2 amide bonds. The fourth-order valence-electron chi connectivity index (χ4n) is 4.67. The average molecular weight is 452 g/mol. The third-order valence-corrected chi connectivity index (χ3v) is 6.31. The standard InChI is InChI=1S/C26H33N3O4/c1-18(2)15-28-16-21(24(30)22(17-28)26(32)29-11-6-3-7-12-29)25(31)27-14-23-20-9-5-4-8-19(20)10-13-33-23/h4-5,8-9,16-18,23H,3,6-7,10-15H2,1-2H3,(H,27,31). The largest absolute Gasteiger partial charge is 0.371 e. The molecule has 1 aromatic heterocycles. The van der Waals surface area contributed by atoms with Crippen molar-refractivity contribution in [2.75, 3.05) is 26.2 Å². The molecule has 0 bridgehead atoms. The summed E-state index contributed by atoms with van der Waals surface area (Å²) in [6.07, 6.45) is 6.74. The number of hydrogen-bond donors (Lipinski definition) is 1. The Hall–Kier alpha value is -2.93. The summed E-state index contributed by atoms with van der Waals surface area (Å²) in [6, 6.07) is 8.05. The third kappa shape index (κ3) is 5.36. The third-order valence-electron chi connectivity index (χ3n) is 6.31. The number of nitrogens with one attached hydrogen (secondary N) is 1. The second kappa shape index (κ2) is 10.3. The normalized spacial score (nSPS) is 18.2. The summed E-state index contributed by atoms with van der Waals surface area (Å²) in [5, 5.41) is 2.87.